The minimum absolute atomic E-state index is 0.0519. The van der Waals surface area contributed by atoms with Gasteiger partial charge in [-0.15, -0.1) is 0 Å². The summed E-state index contributed by atoms with van der Waals surface area (Å²) < 4.78 is 1.39. The lowest BCUT2D eigenvalue weighted by molar-refractivity contribution is -0.117. The Morgan fingerprint density at radius 2 is 1.70 bits per heavy atom. The van der Waals surface area contributed by atoms with Crippen LogP contribution >= 0.6 is 11.6 Å². The van der Waals surface area contributed by atoms with Gasteiger partial charge in [-0.3, -0.25) is 9.59 Å². The van der Waals surface area contributed by atoms with Gasteiger partial charge in [0.15, 0.2) is 0 Å². The number of rotatable bonds is 4. The van der Waals surface area contributed by atoms with E-state index in [0.29, 0.717) is 21.8 Å². The van der Waals surface area contributed by atoms with Crippen molar-refractivity contribution in [3.8, 4) is 16.9 Å². The summed E-state index contributed by atoms with van der Waals surface area (Å²) in [7, 11) is 0. The Balaban J connectivity index is 1.67. The Morgan fingerprint density at radius 3 is 2.43 bits per heavy atom. The molecule has 1 heterocycles. The van der Waals surface area contributed by atoms with E-state index in [4.69, 9.17) is 11.6 Å². The molecule has 0 spiro atoms. The van der Waals surface area contributed by atoms with E-state index in [1.54, 1.807) is 30.3 Å². The molecule has 6 heteroatoms. The lowest BCUT2D eigenvalue weighted by Gasteiger charge is -2.12. The summed E-state index contributed by atoms with van der Waals surface area (Å²) in [4.78, 5) is 25.3. The highest BCUT2D eigenvalue weighted by Crippen LogP contribution is 2.31. The quantitative estimate of drug-likeness (QED) is 0.507. The number of nitrogens with one attached hydrogen (secondary N) is 1. The fourth-order valence-corrected chi connectivity index (χ4v) is 3.62. The number of halogens is 1. The third kappa shape index (κ3) is 3.48. The maximum atomic E-state index is 13.1. The van der Waals surface area contributed by atoms with Crippen LogP contribution in [0.3, 0.4) is 0 Å². The zero-order valence-corrected chi connectivity index (χ0v) is 16.8. The van der Waals surface area contributed by atoms with Crippen molar-refractivity contribution in [2.24, 2.45) is 5.92 Å². The Hall–Kier alpha value is -3.44. The molecule has 0 unspecified atom stereocenters. The third-order valence-electron chi connectivity index (χ3n) is 5.23. The van der Waals surface area contributed by atoms with Crippen molar-refractivity contribution in [1.29, 1.82) is 0 Å². The number of benzene rings is 3. The maximum absolute atomic E-state index is 13.1. The monoisotopic (exact) mass is 415 g/mol. The average Bonchev–Trinajstić information content (AvgIpc) is 3.61. The molecule has 0 saturated heterocycles. The molecule has 1 amide bonds. The molecule has 148 valence electrons. The largest absolute Gasteiger partial charge is 0.326 e. The number of carbonyl (C=O) groups is 1. The molecule has 5 rings (SSSR count). The van der Waals surface area contributed by atoms with E-state index in [2.05, 4.69) is 10.4 Å². The molecule has 3 aromatic carbocycles. The van der Waals surface area contributed by atoms with Crippen molar-refractivity contribution in [2.75, 3.05) is 5.32 Å². The van der Waals surface area contributed by atoms with Crippen molar-refractivity contribution in [3.05, 3.63) is 88.2 Å². The summed E-state index contributed by atoms with van der Waals surface area (Å²) in [5.74, 6) is 0.176. The smallest absolute Gasteiger partial charge is 0.279 e. The normalized spacial score (nSPS) is 13.4. The Bertz CT molecular complexity index is 1320. The van der Waals surface area contributed by atoms with Crippen LogP contribution in [0.5, 0.6) is 0 Å². The predicted octanol–water partition coefficient (Wildman–Crippen LogP) is 5.05. The van der Waals surface area contributed by atoms with Crippen LogP contribution in [0.1, 0.15) is 12.8 Å². The van der Waals surface area contributed by atoms with Crippen molar-refractivity contribution in [3.63, 3.8) is 0 Å². The maximum Gasteiger partial charge on any atom is 0.279 e. The van der Waals surface area contributed by atoms with Gasteiger partial charge in [-0.05, 0) is 55.3 Å². The van der Waals surface area contributed by atoms with Crippen molar-refractivity contribution in [1.82, 2.24) is 9.78 Å². The van der Waals surface area contributed by atoms with E-state index < -0.39 is 0 Å². The van der Waals surface area contributed by atoms with Gasteiger partial charge in [-0.2, -0.15) is 9.78 Å². The fraction of sp³-hybridized carbons (Fsp3) is 0.125. The van der Waals surface area contributed by atoms with Gasteiger partial charge in [0, 0.05) is 27.6 Å². The van der Waals surface area contributed by atoms with Crippen LogP contribution in [-0.2, 0) is 4.79 Å². The highest BCUT2D eigenvalue weighted by Gasteiger charge is 2.29. The van der Waals surface area contributed by atoms with E-state index >= 15 is 0 Å². The number of hydrogen-bond donors (Lipinski definition) is 1. The molecule has 1 aliphatic carbocycles. The molecule has 1 saturated carbocycles. The molecule has 0 bridgehead atoms. The summed E-state index contributed by atoms with van der Waals surface area (Å²) in [5.41, 5.74) is 2.65. The Labute approximate surface area is 177 Å². The minimum Gasteiger partial charge on any atom is -0.326 e. The first-order valence-corrected chi connectivity index (χ1v) is 10.2. The standard InChI is InChI=1S/C24H18ClN3O2/c25-17-10-12-19(13-11-17)28-24(30)21-7-2-1-6-20(21)22(27-28)16-4-3-5-18(14-16)26-23(29)15-8-9-15/h1-7,10-15H,8-9H2,(H,26,29). The number of nitrogens with zero attached hydrogens (tertiary/aromatic N) is 2. The van der Waals surface area contributed by atoms with Crippen LogP contribution in [0, 0.1) is 5.92 Å². The van der Waals surface area contributed by atoms with E-state index in [1.807, 2.05) is 42.5 Å². The first kappa shape index (κ1) is 18.6. The minimum atomic E-state index is -0.199. The van der Waals surface area contributed by atoms with Crippen molar-refractivity contribution < 1.29 is 4.79 Å². The summed E-state index contributed by atoms with van der Waals surface area (Å²) in [6, 6.07) is 22.0. The molecule has 0 aliphatic heterocycles. The SMILES string of the molecule is O=C(Nc1cccc(-c2nn(-c3ccc(Cl)cc3)c(=O)c3ccccc23)c1)C1CC1. The number of carbonyl (C=O) groups excluding carboxylic acids is 1. The lowest BCUT2D eigenvalue weighted by Crippen LogP contribution is -2.22. The van der Waals surface area contributed by atoms with Crippen molar-refractivity contribution in [2.45, 2.75) is 12.8 Å². The molecule has 1 aromatic heterocycles. The van der Waals surface area contributed by atoms with Crippen molar-refractivity contribution >= 4 is 34.0 Å². The van der Waals surface area contributed by atoms with E-state index in [9.17, 15) is 9.59 Å². The summed E-state index contributed by atoms with van der Waals surface area (Å²) in [6.45, 7) is 0. The number of anilines is 1. The van der Waals surface area contributed by atoms with Gasteiger partial charge < -0.3 is 5.32 Å². The molecule has 0 atom stereocenters. The molecule has 1 fully saturated rings. The molecular weight excluding hydrogens is 398 g/mol. The second kappa shape index (κ2) is 7.43. The van der Waals surface area contributed by atoms with Crippen LogP contribution in [0.4, 0.5) is 5.69 Å². The number of aromatic nitrogens is 2. The van der Waals surface area contributed by atoms with E-state index in [1.165, 1.54) is 4.68 Å². The van der Waals surface area contributed by atoms with Gasteiger partial charge in [0.05, 0.1) is 16.8 Å². The first-order chi connectivity index (χ1) is 14.6. The average molecular weight is 416 g/mol. The van der Waals surface area contributed by atoms with E-state index in [-0.39, 0.29) is 17.4 Å². The first-order valence-electron chi connectivity index (χ1n) is 9.79. The second-order valence-corrected chi connectivity index (χ2v) is 7.87. The van der Waals surface area contributed by atoms with Crippen LogP contribution < -0.4 is 10.9 Å². The van der Waals surface area contributed by atoms with E-state index in [0.717, 1.165) is 29.5 Å². The fourth-order valence-electron chi connectivity index (χ4n) is 3.49. The highest BCUT2D eigenvalue weighted by atomic mass is 35.5. The van der Waals surface area contributed by atoms with Crippen LogP contribution in [0.15, 0.2) is 77.6 Å². The second-order valence-electron chi connectivity index (χ2n) is 7.43. The number of amides is 1. The molecule has 5 nitrogen and oxygen atoms in total. The van der Waals surface area contributed by atoms with Gasteiger partial charge in [0.1, 0.15) is 0 Å². The zero-order chi connectivity index (χ0) is 20.7. The van der Waals surface area contributed by atoms with Gasteiger partial charge in [-0.1, -0.05) is 41.9 Å². The summed E-state index contributed by atoms with van der Waals surface area (Å²) in [5, 5.41) is 9.59. The molecule has 1 aliphatic rings. The lowest BCUT2D eigenvalue weighted by atomic mass is 10.0. The Kier molecular flexibility index (Phi) is 4.60. The number of fused-ring (bicyclic) bond motifs is 1. The van der Waals surface area contributed by atoms with Gasteiger partial charge >= 0.3 is 0 Å². The van der Waals surface area contributed by atoms with Gasteiger partial charge in [-0.25, -0.2) is 0 Å². The van der Waals surface area contributed by atoms with Crippen LogP contribution in [0.2, 0.25) is 5.02 Å². The highest BCUT2D eigenvalue weighted by molar-refractivity contribution is 6.30. The summed E-state index contributed by atoms with van der Waals surface area (Å²) in [6.07, 6.45) is 1.90. The predicted molar refractivity (Wildman–Crippen MR) is 119 cm³/mol. The topological polar surface area (TPSA) is 64.0 Å². The number of hydrogen-bond acceptors (Lipinski definition) is 3. The molecular formula is C24H18ClN3O2. The molecule has 1 N–H and O–H groups in total. The van der Waals surface area contributed by atoms with Gasteiger partial charge in [0.2, 0.25) is 5.91 Å². The summed E-state index contributed by atoms with van der Waals surface area (Å²) >= 11 is 6.00. The third-order valence-corrected chi connectivity index (χ3v) is 5.48. The van der Waals surface area contributed by atoms with Gasteiger partial charge in [0.25, 0.3) is 5.56 Å². The van der Waals surface area contributed by atoms with Crippen LogP contribution in [0.25, 0.3) is 27.7 Å². The molecule has 4 aromatic rings. The van der Waals surface area contributed by atoms with Crippen LogP contribution in [-0.4, -0.2) is 15.7 Å². The Morgan fingerprint density at radius 1 is 0.967 bits per heavy atom. The zero-order valence-electron chi connectivity index (χ0n) is 16.0. The molecule has 30 heavy (non-hydrogen) atoms. The molecule has 0 radical (unpaired) electrons.